The molecular weight excluding hydrogens is 376 g/mol. The topological polar surface area (TPSA) is 55.1 Å². The third-order valence-corrected chi connectivity index (χ3v) is 6.01. The lowest BCUT2D eigenvalue weighted by atomic mass is 10.0. The second-order valence-corrected chi connectivity index (χ2v) is 8.06. The van der Waals surface area contributed by atoms with Gasteiger partial charge in [0.1, 0.15) is 0 Å². The van der Waals surface area contributed by atoms with Gasteiger partial charge in [0, 0.05) is 10.3 Å². The van der Waals surface area contributed by atoms with Crippen molar-refractivity contribution in [3.63, 3.8) is 0 Å². The minimum atomic E-state index is -0.152. The number of thiophene rings is 1. The molecule has 0 saturated carbocycles. The van der Waals surface area contributed by atoms with E-state index in [1.165, 1.54) is 16.9 Å². The van der Waals surface area contributed by atoms with Gasteiger partial charge in [0.2, 0.25) is 5.91 Å². The third kappa shape index (κ3) is 4.18. The monoisotopic (exact) mass is 394 g/mol. The van der Waals surface area contributed by atoms with Gasteiger partial charge >= 0.3 is 0 Å². The van der Waals surface area contributed by atoms with Crippen LogP contribution in [0.4, 0.5) is 0 Å². The van der Waals surface area contributed by atoms with Gasteiger partial charge in [0.15, 0.2) is 10.8 Å². The maximum Gasteiger partial charge on any atom is 0.226 e. The molecule has 4 nitrogen and oxygen atoms in total. The zero-order chi connectivity index (χ0) is 18.6. The fourth-order valence-electron chi connectivity index (χ4n) is 2.81. The van der Waals surface area contributed by atoms with E-state index in [0.717, 1.165) is 26.9 Å². The van der Waals surface area contributed by atoms with Gasteiger partial charge in [-0.1, -0.05) is 35.9 Å². The maximum atomic E-state index is 12.7. The molecule has 4 rings (SSSR count). The van der Waals surface area contributed by atoms with Crippen molar-refractivity contribution in [3.8, 4) is 10.8 Å². The summed E-state index contributed by atoms with van der Waals surface area (Å²) < 4.78 is 5.37. The number of aryl methyl sites for hydroxylation is 1. The second kappa shape index (κ2) is 7.90. The number of hydrogen-bond acceptors (Lipinski definition) is 5. The second-order valence-electron chi connectivity index (χ2n) is 6.22. The summed E-state index contributed by atoms with van der Waals surface area (Å²) in [7, 11) is 0. The van der Waals surface area contributed by atoms with Crippen LogP contribution in [0.2, 0.25) is 0 Å². The van der Waals surface area contributed by atoms with Gasteiger partial charge in [-0.25, -0.2) is 4.98 Å². The highest BCUT2D eigenvalue weighted by molar-refractivity contribution is 7.13. The van der Waals surface area contributed by atoms with Crippen LogP contribution in [0.1, 0.15) is 27.7 Å². The molecule has 6 heteroatoms. The van der Waals surface area contributed by atoms with Crippen molar-refractivity contribution in [2.24, 2.45) is 0 Å². The summed E-state index contributed by atoms with van der Waals surface area (Å²) >= 11 is 3.12. The van der Waals surface area contributed by atoms with Gasteiger partial charge in [-0.15, -0.1) is 22.7 Å². The molecule has 136 valence electrons. The number of nitrogens with one attached hydrogen (secondary N) is 1. The van der Waals surface area contributed by atoms with Crippen molar-refractivity contribution in [1.29, 1.82) is 0 Å². The largest absolute Gasteiger partial charge is 0.462 e. The minimum Gasteiger partial charge on any atom is -0.462 e. The number of hydrogen-bond donors (Lipinski definition) is 1. The predicted octanol–water partition coefficient (Wildman–Crippen LogP) is 5.22. The molecule has 0 radical (unpaired) electrons. The highest BCUT2D eigenvalue weighted by Gasteiger charge is 2.19. The zero-order valence-corrected chi connectivity index (χ0v) is 16.3. The number of thiazole rings is 1. The third-order valence-electron chi connectivity index (χ3n) is 4.17. The van der Waals surface area contributed by atoms with E-state index in [4.69, 9.17) is 4.42 Å². The molecule has 3 heterocycles. The van der Waals surface area contributed by atoms with Gasteiger partial charge in [0.05, 0.1) is 24.4 Å². The van der Waals surface area contributed by atoms with E-state index in [1.54, 1.807) is 17.6 Å². The molecule has 1 unspecified atom stereocenters. The first-order valence-electron chi connectivity index (χ1n) is 8.56. The standard InChI is InChI=1S/C21H18N2O2S2/c1-14-6-8-15(9-7-14)20(18-5-3-11-26-18)23-19(24)12-16-13-27-21(22-16)17-4-2-10-25-17/h2-11,13,20H,12H2,1H3,(H,23,24). The molecule has 27 heavy (non-hydrogen) atoms. The minimum absolute atomic E-state index is 0.0507. The molecule has 0 aliphatic carbocycles. The SMILES string of the molecule is Cc1ccc(C(NC(=O)Cc2csc(-c3ccco3)n2)c2cccs2)cc1. The first kappa shape index (κ1) is 17.7. The first-order chi connectivity index (χ1) is 13.2. The highest BCUT2D eigenvalue weighted by Crippen LogP contribution is 2.27. The summed E-state index contributed by atoms with van der Waals surface area (Å²) in [5.74, 6) is 0.674. The Hall–Kier alpha value is -2.70. The van der Waals surface area contributed by atoms with Crippen molar-refractivity contribution in [2.45, 2.75) is 19.4 Å². The normalized spacial score (nSPS) is 12.0. The molecule has 3 aromatic heterocycles. The van der Waals surface area contributed by atoms with E-state index >= 15 is 0 Å². The van der Waals surface area contributed by atoms with Gasteiger partial charge in [-0.2, -0.15) is 0 Å². The van der Waals surface area contributed by atoms with Crippen molar-refractivity contribution in [3.05, 3.63) is 87.3 Å². The van der Waals surface area contributed by atoms with Crippen LogP contribution < -0.4 is 5.32 Å². The van der Waals surface area contributed by atoms with Crippen molar-refractivity contribution < 1.29 is 9.21 Å². The lowest BCUT2D eigenvalue weighted by Gasteiger charge is -2.18. The summed E-state index contributed by atoms with van der Waals surface area (Å²) in [5.41, 5.74) is 3.02. The molecule has 0 aliphatic heterocycles. The highest BCUT2D eigenvalue weighted by atomic mass is 32.1. The molecule has 1 atom stereocenters. The molecule has 0 aliphatic rings. The Labute approximate surface area is 165 Å². The molecule has 4 aromatic rings. The van der Waals surface area contributed by atoms with Crippen LogP contribution in [0, 0.1) is 6.92 Å². The number of furan rings is 1. The van der Waals surface area contributed by atoms with E-state index in [1.807, 2.05) is 35.0 Å². The van der Waals surface area contributed by atoms with Crippen molar-refractivity contribution in [2.75, 3.05) is 0 Å². The van der Waals surface area contributed by atoms with Crippen LogP contribution in [-0.2, 0) is 11.2 Å². The summed E-state index contributed by atoms with van der Waals surface area (Å²) in [6.45, 7) is 2.06. The van der Waals surface area contributed by atoms with Crippen LogP contribution in [0.5, 0.6) is 0 Å². The predicted molar refractivity (Wildman–Crippen MR) is 109 cm³/mol. The number of nitrogens with zero attached hydrogens (tertiary/aromatic N) is 1. The number of carbonyl (C=O) groups is 1. The van der Waals surface area contributed by atoms with Gasteiger partial charge in [-0.3, -0.25) is 4.79 Å². The van der Waals surface area contributed by atoms with E-state index in [0.29, 0.717) is 0 Å². The molecule has 1 aromatic carbocycles. The quantitative estimate of drug-likeness (QED) is 0.488. The molecular formula is C21H18N2O2S2. The van der Waals surface area contributed by atoms with E-state index < -0.39 is 0 Å². The Kier molecular flexibility index (Phi) is 5.18. The molecule has 1 N–H and O–H groups in total. The Balaban J connectivity index is 1.49. The van der Waals surface area contributed by atoms with Crippen LogP contribution in [0.25, 0.3) is 10.8 Å². The van der Waals surface area contributed by atoms with Crippen LogP contribution >= 0.6 is 22.7 Å². The summed E-state index contributed by atoms with van der Waals surface area (Å²) in [6, 6.07) is 15.9. The van der Waals surface area contributed by atoms with Gasteiger partial charge in [-0.05, 0) is 36.1 Å². The molecule has 0 bridgehead atoms. The summed E-state index contributed by atoms with van der Waals surface area (Å²) in [5, 5.41) is 7.88. The zero-order valence-electron chi connectivity index (χ0n) is 14.7. The number of amides is 1. The lowest BCUT2D eigenvalue weighted by molar-refractivity contribution is -0.120. The average molecular weight is 395 g/mol. The van der Waals surface area contributed by atoms with Gasteiger partial charge < -0.3 is 9.73 Å². The van der Waals surface area contributed by atoms with E-state index in [9.17, 15) is 4.79 Å². The van der Waals surface area contributed by atoms with E-state index in [2.05, 4.69) is 41.5 Å². The fourth-order valence-corrected chi connectivity index (χ4v) is 4.40. The Morgan fingerprint density at radius 3 is 2.70 bits per heavy atom. The Morgan fingerprint density at radius 1 is 1.15 bits per heavy atom. The van der Waals surface area contributed by atoms with E-state index in [-0.39, 0.29) is 18.4 Å². The summed E-state index contributed by atoms with van der Waals surface area (Å²) in [6.07, 6.45) is 1.86. The molecule has 1 amide bonds. The Morgan fingerprint density at radius 2 is 2.00 bits per heavy atom. The van der Waals surface area contributed by atoms with Crippen molar-refractivity contribution >= 4 is 28.6 Å². The van der Waals surface area contributed by atoms with Crippen LogP contribution in [-0.4, -0.2) is 10.9 Å². The lowest BCUT2D eigenvalue weighted by Crippen LogP contribution is -2.30. The molecule has 0 saturated heterocycles. The number of carbonyl (C=O) groups excluding carboxylic acids is 1. The molecule has 0 fully saturated rings. The van der Waals surface area contributed by atoms with Crippen molar-refractivity contribution in [1.82, 2.24) is 10.3 Å². The summed E-state index contributed by atoms with van der Waals surface area (Å²) in [4.78, 5) is 18.3. The Bertz CT molecular complexity index is 1000. The smallest absolute Gasteiger partial charge is 0.226 e. The first-order valence-corrected chi connectivity index (χ1v) is 10.3. The van der Waals surface area contributed by atoms with Crippen LogP contribution in [0.15, 0.2) is 70.0 Å². The van der Waals surface area contributed by atoms with Gasteiger partial charge in [0.25, 0.3) is 0 Å². The fraction of sp³-hybridized carbons (Fsp3) is 0.143. The number of benzene rings is 1. The number of aromatic nitrogens is 1. The molecule has 0 spiro atoms. The number of rotatable bonds is 6. The average Bonchev–Trinajstić information content (AvgIpc) is 3.42. The van der Waals surface area contributed by atoms with Crippen LogP contribution in [0.3, 0.4) is 0 Å². The maximum absolute atomic E-state index is 12.7.